The van der Waals surface area contributed by atoms with Gasteiger partial charge in [-0.1, -0.05) is 6.07 Å². The predicted octanol–water partition coefficient (Wildman–Crippen LogP) is 4.51. The first kappa shape index (κ1) is 21.6. The first-order chi connectivity index (χ1) is 15.9. The Morgan fingerprint density at radius 3 is 2.61 bits per heavy atom. The monoisotopic (exact) mass is 447 g/mol. The highest BCUT2D eigenvalue weighted by molar-refractivity contribution is 5.98. The van der Waals surface area contributed by atoms with Crippen LogP contribution in [0.2, 0.25) is 0 Å². The molecule has 6 nitrogen and oxygen atoms in total. The van der Waals surface area contributed by atoms with Gasteiger partial charge in [-0.05, 0) is 78.8 Å². The van der Waals surface area contributed by atoms with Crippen LogP contribution < -0.4 is 10.5 Å². The number of halogens is 1. The lowest BCUT2D eigenvalue weighted by molar-refractivity contribution is -0.0426. The highest BCUT2D eigenvalue weighted by atomic mass is 19.1. The minimum atomic E-state index is -1.02. The predicted molar refractivity (Wildman–Crippen MR) is 122 cm³/mol. The Balaban J connectivity index is 1.63. The Morgan fingerprint density at radius 1 is 1.18 bits per heavy atom. The van der Waals surface area contributed by atoms with Crippen LogP contribution >= 0.6 is 0 Å². The lowest BCUT2D eigenvalue weighted by atomic mass is 9.68. The Bertz CT molecular complexity index is 1190. The Labute approximate surface area is 192 Å². The smallest absolute Gasteiger partial charge is 0.163 e. The van der Waals surface area contributed by atoms with E-state index in [4.69, 9.17) is 19.9 Å². The third kappa shape index (κ3) is 3.33. The number of nitrogens with two attached hydrogens (primary N) is 1. The Morgan fingerprint density at radius 2 is 1.97 bits per heavy atom. The van der Waals surface area contributed by atoms with E-state index in [1.54, 1.807) is 14.2 Å². The molecular formula is C26H26FN3O3. The van der Waals surface area contributed by atoms with Gasteiger partial charge in [0.05, 0.1) is 24.3 Å². The molecule has 0 bridgehead atoms. The molecule has 5 rings (SSSR count). The van der Waals surface area contributed by atoms with E-state index in [2.05, 4.69) is 11.1 Å². The first-order valence-electron chi connectivity index (χ1n) is 11.1. The molecule has 0 aromatic heterocycles. The number of hydrogen-bond acceptors (Lipinski definition) is 6. The van der Waals surface area contributed by atoms with Crippen molar-refractivity contribution in [2.45, 2.75) is 49.5 Å². The van der Waals surface area contributed by atoms with Gasteiger partial charge in [-0.25, -0.2) is 9.38 Å². The topological polar surface area (TPSA) is 89.9 Å². The lowest BCUT2D eigenvalue weighted by Gasteiger charge is -2.43. The summed E-state index contributed by atoms with van der Waals surface area (Å²) >= 11 is 0. The molecule has 1 aliphatic carbocycles. The number of ether oxygens (including phenoxy) is 3. The molecule has 1 fully saturated rings. The molecule has 170 valence electrons. The maximum absolute atomic E-state index is 14.7. The molecule has 0 radical (unpaired) electrons. The fourth-order valence-electron chi connectivity index (χ4n) is 5.48. The van der Waals surface area contributed by atoms with Gasteiger partial charge >= 0.3 is 0 Å². The van der Waals surface area contributed by atoms with Gasteiger partial charge in [0.2, 0.25) is 0 Å². The van der Waals surface area contributed by atoms with Gasteiger partial charge in [0.1, 0.15) is 11.4 Å². The van der Waals surface area contributed by atoms with Crippen LogP contribution in [0.15, 0.2) is 53.3 Å². The van der Waals surface area contributed by atoms with Crippen LogP contribution in [0.1, 0.15) is 42.4 Å². The number of nitriles is 1. The second-order valence-corrected chi connectivity index (χ2v) is 8.96. The van der Waals surface area contributed by atoms with Crippen LogP contribution in [0, 0.1) is 11.3 Å². The van der Waals surface area contributed by atoms with Crippen LogP contribution in [-0.4, -0.2) is 31.8 Å². The maximum Gasteiger partial charge on any atom is 0.163 e. The molecule has 1 atom stereocenters. The van der Waals surface area contributed by atoms with Crippen molar-refractivity contribution >= 4 is 5.84 Å². The summed E-state index contributed by atoms with van der Waals surface area (Å²) in [6.07, 6.45) is 4.63. The number of methoxy groups -OCH3 is 2. The molecule has 33 heavy (non-hydrogen) atoms. The maximum atomic E-state index is 14.7. The van der Waals surface area contributed by atoms with Crippen molar-refractivity contribution in [3.8, 4) is 22.9 Å². The highest BCUT2D eigenvalue weighted by Gasteiger charge is 2.62. The van der Waals surface area contributed by atoms with Crippen molar-refractivity contribution in [1.29, 1.82) is 5.26 Å². The van der Waals surface area contributed by atoms with Gasteiger partial charge in [-0.3, -0.25) is 0 Å². The largest absolute Gasteiger partial charge is 0.484 e. The minimum absolute atomic E-state index is 0.0982. The number of hydrogen-bond donors (Lipinski definition) is 1. The fraction of sp³-hybridized carbons (Fsp3) is 0.385. The second-order valence-electron chi connectivity index (χ2n) is 8.96. The molecule has 2 aliphatic heterocycles. The van der Waals surface area contributed by atoms with E-state index in [-0.39, 0.29) is 11.9 Å². The van der Waals surface area contributed by atoms with E-state index in [1.807, 2.05) is 36.4 Å². The summed E-state index contributed by atoms with van der Waals surface area (Å²) < 4.78 is 32.1. The molecule has 7 heteroatoms. The number of benzene rings is 2. The van der Waals surface area contributed by atoms with E-state index in [9.17, 15) is 9.65 Å². The number of aliphatic imine (C=N–C) groups is 1. The van der Waals surface area contributed by atoms with E-state index in [0.717, 1.165) is 35.1 Å². The third-order valence-electron chi connectivity index (χ3n) is 7.11. The van der Waals surface area contributed by atoms with E-state index >= 15 is 0 Å². The first-order valence-corrected chi connectivity index (χ1v) is 11.1. The highest BCUT2D eigenvalue weighted by Crippen LogP contribution is 2.59. The van der Waals surface area contributed by atoms with Gasteiger partial charge in [-0.15, -0.1) is 0 Å². The Kier molecular flexibility index (Phi) is 5.23. The molecule has 1 saturated carbocycles. The van der Waals surface area contributed by atoms with Gasteiger partial charge in [0.25, 0.3) is 0 Å². The number of amidine groups is 1. The summed E-state index contributed by atoms with van der Waals surface area (Å²) in [5, 5.41) is 9.49. The van der Waals surface area contributed by atoms with Crippen molar-refractivity contribution in [2.24, 2.45) is 10.7 Å². The molecule has 0 saturated heterocycles. The third-order valence-corrected chi connectivity index (χ3v) is 7.11. The van der Waals surface area contributed by atoms with Crippen molar-refractivity contribution in [1.82, 2.24) is 0 Å². The summed E-state index contributed by atoms with van der Waals surface area (Å²) in [4.78, 5) is 4.67. The van der Waals surface area contributed by atoms with Crippen LogP contribution in [0.4, 0.5) is 4.39 Å². The number of rotatable bonds is 4. The molecule has 2 aromatic carbocycles. The summed E-state index contributed by atoms with van der Waals surface area (Å²) in [5.41, 5.74) is 8.24. The van der Waals surface area contributed by atoms with Crippen molar-refractivity contribution < 1.29 is 18.6 Å². The standard InChI is InChI=1S/C26H26FN3O3/c1-31-15-17-9-16(14-28)10-19(11-17)18-3-4-23-21(12-18)26(13-22(27)24(29)30-26)25(33-23)7-5-20(32-2)6-8-25/h3-4,9-13,20H,5-8,15H2,1-2H3,(H2,29,30). The van der Waals surface area contributed by atoms with E-state index in [0.29, 0.717) is 30.8 Å². The fourth-order valence-corrected chi connectivity index (χ4v) is 5.48. The quantitative estimate of drug-likeness (QED) is 0.745. The molecule has 0 amide bonds. The molecule has 2 aromatic rings. The second kappa shape index (κ2) is 7.98. The van der Waals surface area contributed by atoms with Crippen molar-refractivity contribution in [3.05, 3.63) is 65.0 Å². The van der Waals surface area contributed by atoms with Gasteiger partial charge < -0.3 is 19.9 Å². The van der Waals surface area contributed by atoms with E-state index in [1.165, 1.54) is 6.08 Å². The summed E-state index contributed by atoms with van der Waals surface area (Å²) in [6, 6.07) is 13.7. The molecular weight excluding hydrogens is 421 g/mol. The zero-order valence-electron chi connectivity index (χ0n) is 18.7. The van der Waals surface area contributed by atoms with Crippen LogP contribution in [0.5, 0.6) is 5.75 Å². The Hall–Kier alpha value is -3.21. The summed E-state index contributed by atoms with van der Waals surface area (Å²) in [5.74, 6) is 0.0728. The van der Waals surface area contributed by atoms with E-state index < -0.39 is 17.0 Å². The minimum Gasteiger partial charge on any atom is -0.484 e. The number of fused-ring (bicyclic) bond motifs is 3. The molecule has 2 heterocycles. The van der Waals surface area contributed by atoms with Crippen LogP contribution in [-0.2, 0) is 21.6 Å². The number of nitrogens with zero attached hydrogens (tertiary/aromatic N) is 2. The molecule has 1 unspecified atom stereocenters. The SMILES string of the molecule is COCc1cc(C#N)cc(-c2ccc3c(c2)C2(C=C(F)C(N)=N2)C2(CCC(OC)CC2)O3)c1. The van der Waals surface area contributed by atoms with Gasteiger partial charge in [0.15, 0.2) is 17.2 Å². The molecule has 2 spiro atoms. The average Bonchev–Trinajstić information content (AvgIpc) is 3.27. The normalized spacial score (nSPS) is 27.8. The van der Waals surface area contributed by atoms with Crippen LogP contribution in [0.3, 0.4) is 0 Å². The summed E-state index contributed by atoms with van der Waals surface area (Å²) in [7, 11) is 3.34. The average molecular weight is 448 g/mol. The zero-order valence-corrected chi connectivity index (χ0v) is 18.7. The molecule has 3 aliphatic rings. The summed E-state index contributed by atoms with van der Waals surface area (Å²) in [6.45, 7) is 0.402. The molecule has 2 N–H and O–H groups in total. The van der Waals surface area contributed by atoms with Gasteiger partial charge in [0, 0.05) is 19.8 Å². The zero-order chi connectivity index (χ0) is 23.2. The van der Waals surface area contributed by atoms with Crippen LogP contribution in [0.25, 0.3) is 11.1 Å². The lowest BCUT2D eigenvalue weighted by Crippen LogP contribution is -2.52. The van der Waals surface area contributed by atoms with Gasteiger partial charge in [-0.2, -0.15) is 5.26 Å². The van der Waals surface area contributed by atoms with Crippen molar-refractivity contribution in [3.63, 3.8) is 0 Å². The van der Waals surface area contributed by atoms with Crippen molar-refractivity contribution in [2.75, 3.05) is 14.2 Å².